The zero-order chi connectivity index (χ0) is 10.7. The van der Waals surface area contributed by atoms with Gasteiger partial charge in [-0.05, 0) is 35.2 Å². The van der Waals surface area contributed by atoms with Gasteiger partial charge in [-0.25, -0.2) is 4.98 Å². The molecule has 2 rings (SSSR count). The molecule has 2 heterocycles. The van der Waals surface area contributed by atoms with Crippen LogP contribution in [0.15, 0.2) is 10.7 Å². The van der Waals surface area contributed by atoms with Gasteiger partial charge in [0.2, 0.25) is 5.95 Å². The number of nitrogens with zero attached hydrogens (tertiary/aromatic N) is 3. The normalized spacial score (nSPS) is 16.5. The van der Waals surface area contributed by atoms with Crippen molar-refractivity contribution in [3.05, 3.63) is 10.7 Å². The second-order valence-corrected chi connectivity index (χ2v) is 4.52. The highest BCUT2D eigenvalue weighted by Gasteiger charge is 2.15. The molecule has 0 bridgehead atoms. The van der Waals surface area contributed by atoms with E-state index in [0.29, 0.717) is 5.95 Å². The fraction of sp³-hybridized carbons (Fsp3) is 0.600. The second-order valence-electron chi connectivity index (χ2n) is 3.66. The summed E-state index contributed by atoms with van der Waals surface area (Å²) in [5.74, 6) is 1.69. The molecule has 1 saturated heterocycles. The highest BCUT2D eigenvalue weighted by molar-refractivity contribution is 9.10. The Morgan fingerprint density at radius 1 is 1.33 bits per heavy atom. The summed E-state index contributed by atoms with van der Waals surface area (Å²) < 4.78 is 0.975. The van der Waals surface area contributed by atoms with Crippen molar-refractivity contribution in [3.8, 4) is 0 Å². The molecule has 4 nitrogen and oxygen atoms in total. The number of aromatic nitrogens is 2. The summed E-state index contributed by atoms with van der Waals surface area (Å²) in [6.07, 6.45) is 5.65. The summed E-state index contributed by atoms with van der Waals surface area (Å²) in [4.78, 5) is 10.9. The van der Waals surface area contributed by atoms with Crippen molar-refractivity contribution in [2.45, 2.75) is 19.3 Å². The van der Waals surface area contributed by atoms with E-state index in [2.05, 4.69) is 36.1 Å². The average molecular weight is 271 g/mol. The van der Waals surface area contributed by atoms with Crippen LogP contribution in [-0.2, 0) is 0 Å². The molecule has 5 heteroatoms. The maximum atomic E-state index is 4.47. The molecule has 0 atom stereocenters. The number of hydrogen-bond acceptors (Lipinski definition) is 4. The van der Waals surface area contributed by atoms with Crippen LogP contribution in [0.1, 0.15) is 19.3 Å². The number of halogens is 1. The van der Waals surface area contributed by atoms with E-state index in [1.807, 2.05) is 13.2 Å². The molecule has 82 valence electrons. The molecule has 0 radical (unpaired) electrons. The lowest BCUT2D eigenvalue weighted by atomic mass is 10.1. The second kappa shape index (κ2) is 4.79. The Labute approximate surface area is 98.2 Å². The van der Waals surface area contributed by atoms with Crippen LogP contribution in [0, 0.1) is 0 Å². The monoisotopic (exact) mass is 270 g/mol. The fourth-order valence-corrected chi connectivity index (χ4v) is 2.25. The molecular formula is C10H15BrN4. The van der Waals surface area contributed by atoms with Gasteiger partial charge in [0.1, 0.15) is 5.82 Å². The van der Waals surface area contributed by atoms with E-state index < -0.39 is 0 Å². The van der Waals surface area contributed by atoms with Gasteiger partial charge in [0.15, 0.2) is 0 Å². The van der Waals surface area contributed by atoms with Crippen LogP contribution in [-0.4, -0.2) is 30.1 Å². The van der Waals surface area contributed by atoms with Crippen LogP contribution >= 0.6 is 15.9 Å². The highest BCUT2D eigenvalue weighted by atomic mass is 79.9. The van der Waals surface area contributed by atoms with E-state index in [9.17, 15) is 0 Å². The minimum Gasteiger partial charge on any atom is -0.357 e. The van der Waals surface area contributed by atoms with Crippen molar-refractivity contribution in [1.29, 1.82) is 0 Å². The van der Waals surface area contributed by atoms with Crippen LogP contribution in [0.3, 0.4) is 0 Å². The molecule has 1 aromatic heterocycles. The fourth-order valence-electron chi connectivity index (χ4n) is 1.81. The number of anilines is 2. The molecule has 1 aliphatic rings. The third-order valence-electron chi connectivity index (χ3n) is 2.60. The van der Waals surface area contributed by atoms with Crippen molar-refractivity contribution in [1.82, 2.24) is 9.97 Å². The Kier molecular flexibility index (Phi) is 3.41. The van der Waals surface area contributed by atoms with Gasteiger partial charge in [0, 0.05) is 26.3 Å². The van der Waals surface area contributed by atoms with E-state index in [1.165, 1.54) is 19.3 Å². The Balaban J connectivity index is 2.24. The summed E-state index contributed by atoms with van der Waals surface area (Å²) >= 11 is 3.50. The third-order valence-corrected chi connectivity index (χ3v) is 3.16. The molecule has 0 aromatic carbocycles. The zero-order valence-electron chi connectivity index (χ0n) is 8.83. The Morgan fingerprint density at radius 2 is 2.07 bits per heavy atom. The maximum absolute atomic E-state index is 4.47. The molecular weight excluding hydrogens is 256 g/mol. The van der Waals surface area contributed by atoms with Crippen LogP contribution in [0.25, 0.3) is 0 Å². The van der Waals surface area contributed by atoms with E-state index in [0.717, 1.165) is 23.4 Å². The predicted molar refractivity (Wildman–Crippen MR) is 65.3 cm³/mol. The van der Waals surface area contributed by atoms with Gasteiger partial charge in [-0.15, -0.1) is 0 Å². The van der Waals surface area contributed by atoms with Crippen LogP contribution in [0.4, 0.5) is 11.8 Å². The van der Waals surface area contributed by atoms with Crippen molar-refractivity contribution in [2.24, 2.45) is 0 Å². The highest BCUT2D eigenvalue weighted by Crippen LogP contribution is 2.26. The molecule has 15 heavy (non-hydrogen) atoms. The van der Waals surface area contributed by atoms with Crippen LogP contribution < -0.4 is 10.2 Å². The molecule has 0 amide bonds. The maximum Gasteiger partial charge on any atom is 0.224 e. The van der Waals surface area contributed by atoms with Gasteiger partial charge in [-0.1, -0.05) is 0 Å². The average Bonchev–Trinajstić information content (AvgIpc) is 2.31. The van der Waals surface area contributed by atoms with E-state index >= 15 is 0 Å². The third kappa shape index (κ3) is 2.40. The van der Waals surface area contributed by atoms with Gasteiger partial charge in [-0.3, -0.25) is 0 Å². The molecule has 0 saturated carbocycles. The molecule has 1 N–H and O–H groups in total. The van der Waals surface area contributed by atoms with Crippen LogP contribution in [0.5, 0.6) is 0 Å². The van der Waals surface area contributed by atoms with Gasteiger partial charge < -0.3 is 10.2 Å². The molecule has 0 unspecified atom stereocenters. The van der Waals surface area contributed by atoms with Gasteiger partial charge >= 0.3 is 0 Å². The Hall–Kier alpha value is -0.840. The van der Waals surface area contributed by atoms with Crippen LogP contribution in [0.2, 0.25) is 0 Å². The lowest BCUT2D eigenvalue weighted by Crippen LogP contribution is -2.30. The van der Waals surface area contributed by atoms with E-state index in [4.69, 9.17) is 0 Å². The first-order valence-corrected chi connectivity index (χ1v) is 6.06. The molecule has 0 aliphatic carbocycles. The zero-order valence-corrected chi connectivity index (χ0v) is 10.4. The number of piperidine rings is 1. The SMILES string of the molecule is CNc1ncc(Br)c(N2CCCCC2)n1. The summed E-state index contributed by atoms with van der Waals surface area (Å²) in [7, 11) is 1.84. The van der Waals surface area contributed by atoms with Gasteiger partial charge in [-0.2, -0.15) is 4.98 Å². The smallest absolute Gasteiger partial charge is 0.224 e. The standard InChI is InChI=1S/C10H15BrN4/c1-12-10-13-7-8(11)9(14-10)15-5-3-2-4-6-15/h7H,2-6H2,1H3,(H,12,13,14). The minimum atomic E-state index is 0.679. The van der Waals surface area contributed by atoms with Crippen molar-refractivity contribution in [3.63, 3.8) is 0 Å². The number of rotatable bonds is 2. The summed E-state index contributed by atoms with van der Waals surface area (Å²) in [5, 5.41) is 2.96. The van der Waals surface area contributed by atoms with Crippen molar-refractivity contribution in [2.75, 3.05) is 30.4 Å². The van der Waals surface area contributed by atoms with Gasteiger partial charge in [0.05, 0.1) is 4.47 Å². The quantitative estimate of drug-likeness (QED) is 0.895. The lowest BCUT2D eigenvalue weighted by molar-refractivity contribution is 0.572. The lowest BCUT2D eigenvalue weighted by Gasteiger charge is -2.28. The largest absolute Gasteiger partial charge is 0.357 e. The van der Waals surface area contributed by atoms with Crippen molar-refractivity contribution < 1.29 is 0 Å². The van der Waals surface area contributed by atoms with E-state index in [-0.39, 0.29) is 0 Å². The summed E-state index contributed by atoms with van der Waals surface area (Å²) in [6.45, 7) is 2.19. The Morgan fingerprint density at radius 3 is 2.73 bits per heavy atom. The molecule has 1 aromatic rings. The summed E-state index contributed by atoms with van der Waals surface area (Å²) in [5.41, 5.74) is 0. The number of nitrogens with one attached hydrogen (secondary N) is 1. The molecule has 1 fully saturated rings. The minimum absolute atomic E-state index is 0.679. The predicted octanol–water partition coefficient (Wildman–Crippen LogP) is 2.27. The topological polar surface area (TPSA) is 41.1 Å². The number of hydrogen-bond donors (Lipinski definition) is 1. The first-order valence-electron chi connectivity index (χ1n) is 5.26. The van der Waals surface area contributed by atoms with Gasteiger partial charge in [0.25, 0.3) is 0 Å². The van der Waals surface area contributed by atoms with Crippen molar-refractivity contribution >= 4 is 27.7 Å². The molecule has 0 spiro atoms. The Bertz CT molecular complexity index is 336. The summed E-state index contributed by atoms with van der Waals surface area (Å²) in [6, 6.07) is 0. The molecule has 1 aliphatic heterocycles. The first kappa shape index (κ1) is 10.7. The van der Waals surface area contributed by atoms with E-state index in [1.54, 1.807) is 0 Å². The first-order chi connectivity index (χ1) is 7.31.